The third-order valence-corrected chi connectivity index (χ3v) is 2.50. The Hall–Kier alpha value is -0.530. The molecule has 0 atom stereocenters. The van der Waals surface area contributed by atoms with Gasteiger partial charge in [0.25, 0.3) is 0 Å². The van der Waals surface area contributed by atoms with Crippen molar-refractivity contribution in [1.82, 2.24) is 0 Å². The number of rotatable bonds is 6. The van der Waals surface area contributed by atoms with Crippen molar-refractivity contribution in [2.45, 2.75) is 33.2 Å². The van der Waals surface area contributed by atoms with Crippen LogP contribution in [0.3, 0.4) is 0 Å². The lowest BCUT2D eigenvalue weighted by molar-refractivity contribution is -0.914. The number of hydrogen-bond acceptors (Lipinski definition) is 0. The molecular formula is C13H22ClN. The Bertz CT molecular complexity index is 230. The van der Waals surface area contributed by atoms with Gasteiger partial charge in [0.05, 0.1) is 13.1 Å². The fraction of sp³-hybridized carbons (Fsp3) is 0.538. The van der Waals surface area contributed by atoms with E-state index in [1.54, 1.807) is 4.90 Å². The molecular weight excluding hydrogens is 206 g/mol. The van der Waals surface area contributed by atoms with Crippen LogP contribution < -0.4 is 17.3 Å². The van der Waals surface area contributed by atoms with Gasteiger partial charge in [-0.2, -0.15) is 0 Å². The van der Waals surface area contributed by atoms with Gasteiger partial charge in [0, 0.05) is 5.56 Å². The summed E-state index contributed by atoms with van der Waals surface area (Å²) in [5.74, 6) is 0. The van der Waals surface area contributed by atoms with E-state index in [9.17, 15) is 0 Å². The van der Waals surface area contributed by atoms with Crippen molar-refractivity contribution < 1.29 is 17.3 Å². The molecule has 0 fully saturated rings. The van der Waals surface area contributed by atoms with Crippen LogP contribution in [0.5, 0.6) is 0 Å². The molecule has 0 aliphatic carbocycles. The molecule has 0 saturated heterocycles. The quantitative estimate of drug-likeness (QED) is 0.629. The van der Waals surface area contributed by atoms with E-state index < -0.39 is 0 Å². The first-order valence-corrected chi connectivity index (χ1v) is 5.74. The van der Waals surface area contributed by atoms with Gasteiger partial charge >= 0.3 is 0 Å². The highest BCUT2D eigenvalue weighted by molar-refractivity contribution is 5.13. The molecule has 0 spiro atoms. The van der Waals surface area contributed by atoms with Crippen LogP contribution in [-0.4, -0.2) is 13.1 Å². The SMILES string of the molecule is CCC[NH+](CCC)Cc1ccccc1.[Cl-]. The molecule has 0 aliphatic heterocycles. The normalized spacial score (nSPS) is 10.1. The summed E-state index contributed by atoms with van der Waals surface area (Å²) < 4.78 is 0. The van der Waals surface area contributed by atoms with Crippen molar-refractivity contribution >= 4 is 0 Å². The molecule has 1 rings (SSSR count). The largest absolute Gasteiger partial charge is 1.00 e. The lowest BCUT2D eigenvalue weighted by atomic mass is 10.2. The second-order valence-corrected chi connectivity index (χ2v) is 3.91. The molecule has 0 radical (unpaired) electrons. The molecule has 1 N–H and O–H groups in total. The van der Waals surface area contributed by atoms with Gasteiger partial charge in [0.15, 0.2) is 0 Å². The first-order valence-electron chi connectivity index (χ1n) is 5.74. The molecule has 0 saturated carbocycles. The van der Waals surface area contributed by atoms with Gasteiger partial charge in [0.1, 0.15) is 6.54 Å². The lowest BCUT2D eigenvalue weighted by Crippen LogP contribution is -3.10. The summed E-state index contributed by atoms with van der Waals surface area (Å²) in [4.78, 5) is 1.71. The van der Waals surface area contributed by atoms with Crippen molar-refractivity contribution in [3.63, 3.8) is 0 Å². The van der Waals surface area contributed by atoms with E-state index in [0.717, 1.165) is 0 Å². The summed E-state index contributed by atoms with van der Waals surface area (Å²) >= 11 is 0. The zero-order chi connectivity index (χ0) is 10.2. The average molecular weight is 228 g/mol. The van der Waals surface area contributed by atoms with E-state index in [2.05, 4.69) is 44.2 Å². The standard InChI is InChI=1S/C13H21N.ClH/c1-3-10-14(11-4-2)12-13-8-6-5-7-9-13;/h5-9H,3-4,10-12H2,1-2H3;1H. The molecule has 86 valence electrons. The van der Waals surface area contributed by atoms with Gasteiger partial charge in [-0.25, -0.2) is 0 Å². The van der Waals surface area contributed by atoms with E-state index in [-0.39, 0.29) is 12.4 Å². The molecule has 0 amide bonds. The monoisotopic (exact) mass is 227 g/mol. The van der Waals surface area contributed by atoms with E-state index in [4.69, 9.17) is 0 Å². The summed E-state index contributed by atoms with van der Waals surface area (Å²) in [6.07, 6.45) is 2.56. The Kier molecular flexibility index (Phi) is 8.44. The second-order valence-electron chi connectivity index (χ2n) is 3.91. The van der Waals surface area contributed by atoms with Gasteiger partial charge in [0.2, 0.25) is 0 Å². The van der Waals surface area contributed by atoms with Gasteiger partial charge in [-0.3, -0.25) is 0 Å². The van der Waals surface area contributed by atoms with Crippen molar-refractivity contribution in [3.8, 4) is 0 Å². The van der Waals surface area contributed by atoms with Crippen molar-refractivity contribution in [3.05, 3.63) is 35.9 Å². The molecule has 1 aromatic rings. The Labute approximate surface area is 99.9 Å². The van der Waals surface area contributed by atoms with Gasteiger partial charge in [-0.05, 0) is 12.8 Å². The zero-order valence-electron chi connectivity index (χ0n) is 9.80. The van der Waals surface area contributed by atoms with Crippen LogP contribution in [0.4, 0.5) is 0 Å². The maximum absolute atomic E-state index is 2.26. The minimum absolute atomic E-state index is 0. The first-order chi connectivity index (χ1) is 6.86. The Morgan fingerprint density at radius 2 is 1.47 bits per heavy atom. The molecule has 15 heavy (non-hydrogen) atoms. The van der Waals surface area contributed by atoms with Crippen molar-refractivity contribution in [2.75, 3.05) is 13.1 Å². The Balaban J connectivity index is 0.00000196. The average Bonchev–Trinajstić information content (AvgIpc) is 2.20. The fourth-order valence-electron chi connectivity index (χ4n) is 1.89. The lowest BCUT2D eigenvalue weighted by Gasteiger charge is -2.17. The predicted molar refractivity (Wildman–Crippen MR) is 61.4 cm³/mol. The number of halogens is 1. The minimum atomic E-state index is 0. The molecule has 1 nitrogen and oxygen atoms in total. The summed E-state index contributed by atoms with van der Waals surface area (Å²) in [5, 5.41) is 0. The zero-order valence-corrected chi connectivity index (χ0v) is 10.6. The second kappa shape index (κ2) is 8.75. The topological polar surface area (TPSA) is 4.44 Å². The van der Waals surface area contributed by atoms with Crippen molar-refractivity contribution in [1.29, 1.82) is 0 Å². The van der Waals surface area contributed by atoms with Gasteiger partial charge < -0.3 is 17.3 Å². The number of benzene rings is 1. The van der Waals surface area contributed by atoms with Crippen LogP contribution in [0, 0.1) is 0 Å². The summed E-state index contributed by atoms with van der Waals surface area (Å²) in [7, 11) is 0. The maximum Gasteiger partial charge on any atom is 0.103 e. The molecule has 0 unspecified atom stereocenters. The Morgan fingerprint density at radius 1 is 0.933 bits per heavy atom. The van der Waals surface area contributed by atoms with Crippen LogP contribution in [0.25, 0.3) is 0 Å². The fourth-order valence-corrected chi connectivity index (χ4v) is 1.89. The van der Waals surface area contributed by atoms with Crippen LogP contribution in [-0.2, 0) is 6.54 Å². The van der Waals surface area contributed by atoms with Crippen molar-refractivity contribution in [2.24, 2.45) is 0 Å². The molecule has 0 bridgehead atoms. The highest BCUT2D eigenvalue weighted by Crippen LogP contribution is 1.95. The molecule has 1 aromatic carbocycles. The maximum atomic E-state index is 2.26. The third-order valence-electron chi connectivity index (χ3n) is 2.50. The number of hydrogen-bond donors (Lipinski definition) is 1. The van der Waals surface area contributed by atoms with E-state index in [1.165, 1.54) is 38.0 Å². The van der Waals surface area contributed by atoms with Crippen LogP contribution in [0.1, 0.15) is 32.3 Å². The van der Waals surface area contributed by atoms with Crippen LogP contribution in [0.15, 0.2) is 30.3 Å². The van der Waals surface area contributed by atoms with Crippen LogP contribution >= 0.6 is 0 Å². The molecule has 0 aliphatic rings. The Morgan fingerprint density at radius 3 is 1.93 bits per heavy atom. The molecule has 0 heterocycles. The summed E-state index contributed by atoms with van der Waals surface area (Å²) in [5.41, 5.74) is 1.46. The van der Waals surface area contributed by atoms with Gasteiger partial charge in [-0.15, -0.1) is 0 Å². The summed E-state index contributed by atoms with van der Waals surface area (Å²) in [6.45, 7) is 8.30. The number of quaternary nitrogens is 1. The highest BCUT2D eigenvalue weighted by Gasteiger charge is 2.05. The number of nitrogens with one attached hydrogen (secondary N) is 1. The molecule has 0 aromatic heterocycles. The van der Waals surface area contributed by atoms with Gasteiger partial charge in [-0.1, -0.05) is 44.2 Å². The smallest absolute Gasteiger partial charge is 0.103 e. The minimum Gasteiger partial charge on any atom is -1.00 e. The predicted octanol–water partition coefficient (Wildman–Crippen LogP) is -1.10. The first kappa shape index (κ1) is 14.5. The van der Waals surface area contributed by atoms with E-state index in [1.807, 2.05) is 0 Å². The van der Waals surface area contributed by atoms with E-state index in [0.29, 0.717) is 0 Å². The van der Waals surface area contributed by atoms with Crippen LogP contribution in [0.2, 0.25) is 0 Å². The summed E-state index contributed by atoms with van der Waals surface area (Å²) in [6, 6.07) is 10.8. The van der Waals surface area contributed by atoms with E-state index >= 15 is 0 Å². The molecule has 2 heteroatoms. The third kappa shape index (κ3) is 5.81. The highest BCUT2D eigenvalue weighted by atomic mass is 35.5.